The Labute approximate surface area is 92.7 Å². The fourth-order valence-corrected chi connectivity index (χ4v) is 2.65. The fraction of sp³-hybridized carbons (Fsp3) is 0.333. The number of benzene rings is 1. The van der Waals surface area contributed by atoms with Crippen LogP contribution in [0.1, 0.15) is 11.1 Å². The number of aryl methyl sites for hydroxylation is 2. The number of hydrogen-bond acceptors (Lipinski definition) is 2. The Bertz CT molecular complexity index is 454. The molecule has 5 heteroatoms. The van der Waals surface area contributed by atoms with Crippen LogP contribution in [0.25, 0.3) is 0 Å². The van der Waals surface area contributed by atoms with E-state index < -0.39 is 10.0 Å². The Morgan fingerprint density at radius 1 is 1.21 bits per heavy atom. The van der Waals surface area contributed by atoms with Gasteiger partial charge in [-0.3, -0.25) is 0 Å². The molecule has 0 heterocycles. The molecule has 1 rings (SSSR count). The highest BCUT2D eigenvalue weighted by atomic mass is 79.9. The van der Waals surface area contributed by atoms with Gasteiger partial charge in [0.25, 0.3) is 0 Å². The van der Waals surface area contributed by atoms with Crippen LogP contribution in [-0.2, 0) is 10.0 Å². The van der Waals surface area contributed by atoms with Gasteiger partial charge in [0.2, 0.25) is 10.0 Å². The van der Waals surface area contributed by atoms with Gasteiger partial charge < -0.3 is 0 Å². The van der Waals surface area contributed by atoms with Crippen LogP contribution in [0, 0.1) is 13.8 Å². The lowest BCUT2D eigenvalue weighted by atomic mass is 10.2. The van der Waals surface area contributed by atoms with Gasteiger partial charge in [-0.1, -0.05) is 15.9 Å². The molecule has 0 unspecified atom stereocenters. The number of nitrogens with one attached hydrogen (secondary N) is 1. The van der Waals surface area contributed by atoms with Gasteiger partial charge in [-0.05, 0) is 44.2 Å². The van der Waals surface area contributed by atoms with E-state index in [2.05, 4.69) is 20.7 Å². The molecule has 3 nitrogen and oxygen atoms in total. The maximum atomic E-state index is 11.6. The molecule has 0 atom stereocenters. The quantitative estimate of drug-likeness (QED) is 0.899. The van der Waals surface area contributed by atoms with Crippen molar-refractivity contribution >= 4 is 26.0 Å². The predicted molar refractivity (Wildman–Crippen MR) is 59.9 cm³/mol. The highest BCUT2D eigenvalue weighted by Crippen LogP contribution is 2.23. The summed E-state index contributed by atoms with van der Waals surface area (Å²) in [6, 6.07) is 3.46. The predicted octanol–water partition coefficient (Wildman–Crippen LogP) is 1.97. The van der Waals surface area contributed by atoms with E-state index in [1.165, 1.54) is 7.05 Å². The van der Waals surface area contributed by atoms with E-state index in [0.717, 1.165) is 15.6 Å². The Morgan fingerprint density at radius 2 is 1.79 bits per heavy atom. The first-order chi connectivity index (χ1) is 6.38. The lowest BCUT2D eigenvalue weighted by Crippen LogP contribution is -2.19. The van der Waals surface area contributed by atoms with E-state index in [9.17, 15) is 8.42 Å². The van der Waals surface area contributed by atoms with Crippen molar-refractivity contribution in [2.75, 3.05) is 7.05 Å². The summed E-state index contributed by atoms with van der Waals surface area (Å²) in [7, 11) is -1.93. The third kappa shape index (κ3) is 2.16. The summed E-state index contributed by atoms with van der Waals surface area (Å²) < 4.78 is 26.3. The molecular weight excluding hydrogens is 266 g/mol. The molecule has 0 saturated carbocycles. The van der Waals surface area contributed by atoms with Crippen molar-refractivity contribution in [2.24, 2.45) is 0 Å². The summed E-state index contributed by atoms with van der Waals surface area (Å²) in [5.41, 5.74) is 1.64. The molecule has 0 aromatic heterocycles. The van der Waals surface area contributed by atoms with Crippen molar-refractivity contribution < 1.29 is 8.42 Å². The molecule has 0 bridgehead atoms. The van der Waals surface area contributed by atoms with Crippen LogP contribution in [0.15, 0.2) is 21.5 Å². The summed E-state index contributed by atoms with van der Waals surface area (Å²) in [5, 5.41) is 0. The third-order valence-electron chi connectivity index (χ3n) is 2.01. The minimum Gasteiger partial charge on any atom is -0.214 e. The number of hydrogen-bond donors (Lipinski definition) is 1. The molecule has 1 aromatic rings. The third-order valence-corrected chi connectivity index (χ3v) is 4.43. The zero-order chi connectivity index (χ0) is 10.9. The van der Waals surface area contributed by atoms with Crippen molar-refractivity contribution in [3.8, 4) is 0 Å². The Balaban J connectivity index is 3.45. The highest BCUT2D eigenvalue weighted by Gasteiger charge is 2.15. The second kappa shape index (κ2) is 4.00. The lowest BCUT2D eigenvalue weighted by Gasteiger charge is -2.08. The maximum Gasteiger partial charge on any atom is 0.240 e. The zero-order valence-electron chi connectivity index (χ0n) is 8.26. The second-order valence-corrected chi connectivity index (χ2v) is 5.78. The van der Waals surface area contributed by atoms with Crippen LogP contribution >= 0.6 is 15.9 Å². The van der Waals surface area contributed by atoms with Gasteiger partial charge in [0, 0.05) is 4.47 Å². The van der Waals surface area contributed by atoms with Crippen molar-refractivity contribution in [2.45, 2.75) is 18.7 Å². The van der Waals surface area contributed by atoms with Crippen LogP contribution in [0.3, 0.4) is 0 Å². The van der Waals surface area contributed by atoms with Gasteiger partial charge in [-0.15, -0.1) is 0 Å². The van der Waals surface area contributed by atoms with E-state index in [1.807, 2.05) is 6.92 Å². The molecule has 0 amide bonds. The normalized spacial score (nSPS) is 11.7. The number of sulfonamides is 1. The van der Waals surface area contributed by atoms with E-state index in [1.54, 1.807) is 19.1 Å². The van der Waals surface area contributed by atoms with E-state index >= 15 is 0 Å². The van der Waals surface area contributed by atoms with Crippen molar-refractivity contribution in [1.29, 1.82) is 0 Å². The zero-order valence-corrected chi connectivity index (χ0v) is 10.7. The van der Waals surface area contributed by atoms with Gasteiger partial charge in [0.05, 0.1) is 4.90 Å². The van der Waals surface area contributed by atoms with Gasteiger partial charge in [-0.25, -0.2) is 13.1 Å². The molecule has 0 aliphatic rings. The minimum absolute atomic E-state index is 0.334. The van der Waals surface area contributed by atoms with E-state index in [-0.39, 0.29) is 0 Å². The van der Waals surface area contributed by atoms with Gasteiger partial charge in [0.1, 0.15) is 0 Å². The Morgan fingerprint density at radius 3 is 2.29 bits per heavy atom. The first-order valence-corrected chi connectivity index (χ1v) is 6.36. The SMILES string of the molecule is CNS(=O)(=O)c1cc(C)c(Br)cc1C. The molecular formula is C9H12BrNO2S. The first kappa shape index (κ1) is 11.7. The summed E-state index contributed by atoms with van der Waals surface area (Å²) >= 11 is 3.35. The molecule has 1 N–H and O–H groups in total. The summed E-state index contributed by atoms with van der Waals surface area (Å²) in [6.45, 7) is 3.63. The van der Waals surface area contributed by atoms with Gasteiger partial charge in [0.15, 0.2) is 0 Å². The molecule has 0 radical (unpaired) electrons. The topological polar surface area (TPSA) is 46.2 Å². The van der Waals surface area contributed by atoms with Crippen LogP contribution in [-0.4, -0.2) is 15.5 Å². The molecule has 0 saturated heterocycles. The van der Waals surface area contributed by atoms with Crippen LogP contribution in [0.5, 0.6) is 0 Å². The number of halogens is 1. The van der Waals surface area contributed by atoms with Crippen molar-refractivity contribution in [3.05, 3.63) is 27.7 Å². The average molecular weight is 278 g/mol. The Kier molecular flexibility index (Phi) is 3.34. The largest absolute Gasteiger partial charge is 0.240 e. The molecule has 0 aliphatic carbocycles. The summed E-state index contributed by atoms with van der Waals surface area (Å²) in [5.74, 6) is 0. The lowest BCUT2D eigenvalue weighted by molar-refractivity contribution is 0.587. The smallest absolute Gasteiger partial charge is 0.214 e. The summed E-state index contributed by atoms with van der Waals surface area (Å²) in [6.07, 6.45) is 0. The maximum absolute atomic E-state index is 11.6. The van der Waals surface area contributed by atoms with Crippen LogP contribution in [0.4, 0.5) is 0 Å². The van der Waals surface area contributed by atoms with E-state index in [4.69, 9.17) is 0 Å². The monoisotopic (exact) mass is 277 g/mol. The molecule has 1 aromatic carbocycles. The minimum atomic E-state index is -3.34. The molecule has 14 heavy (non-hydrogen) atoms. The van der Waals surface area contributed by atoms with Gasteiger partial charge in [-0.2, -0.15) is 0 Å². The average Bonchev–Trinajstić information content (AvgIpc) is 2.11. The van der Waals surface area contributed by atoms with Crippen LogP contribution in [0.2, 0.25) is 0 Å². The molecule has 0 aliphatic heterocycles. The number of rotatable bonds is 2. The molecule has 78 valence electrons. The van der Waals surface area contributed by atoms with Gasteiger partial charge >= 0.3 is 0 Å². The molecule has 0 fully saturated rings. The summed E-state index contributed by atoms with van der Waals surface area (Å²) in [4.78, 5) is 0.334. The first-order valence-electron chi connectivity index (χ1n) is 4.09. The van der Waals surface area contributed by atoms with Crippen molar-refractivity contribution in [1.82, 2.24) is 4.72 Å². The van der Waals surface area contributed by atoms with Crippen LogP contribution < -0.4 is 4.72 Å². The van der Waals surface area contributed by atoms with Crippen molar-refractivity contribution in [3.63, 3.8) is 0 Å². The molecule has 0 spiro atoms. The highest BCUT2D eigenvalue weighted by molar-refractivity contribution is 9.10. The second-order valence-electron chi connectivity index (χ2n) is 3.07. The standard InChI is InChI=1S/C9H12BrNO2S/c1-6-5-9(14(12,13)11-3)7(2)4-8(6)10/h4-5,11H,1-3H3. The fourth-order valence-electron chi connectivity index (χ4n) is 1.15. The van der Waals surface area contributed by atoms with E-state index in [0.29, 0.717) is 4.90 Å². The Hall–Kier alpha value is -0.390.